The first kappa shape index (κ1) is 12.8. The molecule has 0 bridgehead atoms. The second-order valence-corrected chi connectivity index (χ2v) is 5.02. The summed E-state index contributed by atoms with van der Waals surface area (Å²) in [6.45, 7) is 1.68. The highest BCUT2D eigenvalue weighted by Crippen LogP contribution is 2.32. The van der Waals surface area contributed by atoms with E-state index in [1.807, 2.05) is 0 Å². The minimum absolute atomic E-state index is 0.369. The molecule has 0 amide bonds. The highest BCUT2D eigenvalue weighted by Gasteiger charge is 2.15. The molecule has 1 atom stereocenters. The predicted octanol–water partition coefficient (Wildman–Crippen LogP) is 3.56. The lowest BCUT2D eigenvalue weighted by Crippen LogP contribution is -2.12. The van der Waals surface area contributed by atoms with Crippen LogP contribution in [0.25, 0.3) is 0 Å². The summed E-state index contributed by atoms with van der Waals surface area (Å²) >= 11 is 12.1. The Bertz CT molecular complexity index is 369. The summed E-state index contributed by atoms with van der Waals surface area (Å²) < 4.78 is 5.54. The number of rotatable bonds is 4. The molecule has 0 saturated carbocycles. The van der Waals surface area contributed by atoms with E-state index in [1.165, 1.54) is 0 Å². The topological polar surface area (TPSA) is 47.3 Å². The van der Waals surface area contributed by atoms with Gasteiger partial charge in [0.25, 0.3) is 0 Å². The lowest BCUT2D eigenvalue weighted by molar-refractivity contribution is 0.107. The number of hydrogen-bond donors (Lipinski definition) is 2. The van der Waals surface area contributed by atoms with Crippen molar-refractivity contribution in [3.8, 4) is 0 Å². The van der Waals surface area contributed by atoms with Crippen LogP contribution in [0, 0.1) is 0 Å². The Morgan fingerprint density at radius 1 is 1.35 bits per heavy atom. The van der Waals surface area contributed by atoms with Crippen LogP contribution in [0.1, 0.15) is 19.3 Å². The summed E-state index contributed by atoms with van der Waals surface area (Å²) in [5.41, 5.74) is 6.96. The van der Waals surface area contributed by atoms with Gasteiger partial charge in [-0.2, -0.15) is 0 Å². The molecule has 94 valence electrons. The molecule has 0 aliphatic carbocycles. The van der Waals surface area contributed by atoms with Crippen LogP contribution in [0.4, 0.5) is 11.4 Å². The molecule has 1 fully saturated rings. The summed E-state index contributed by atoms with van der Waals surface area (Å²) in [5, 5.41) is 4.35. The molecule has 1 aromatic rings. The average molecular weight is 275 g/mol. The van der Waals surface area contributed by atoms with Crippen molar-refractivity contribution in [1.29, 1.82) is 0 Å². The SMILES string of the molecule is Nc1cc(Cl)c(NCCC2CCCO2)c(Cl)c1. The van der Waals surface area contributed by atoms with Gasteiger partial charge in [-0.25, -0.2) is 0 Å². The Hall–Kier alpha value is -0.640. The van der Waals surface area contributed by atoms with E-state index in [9.17, 15) is 0 Å². The van der Waals surface area contributed by atoms with Gasteiger partial charge in [-0.1, -0.05) is 23.2 Å². The number of nitrogens with one attached hydrogen (secondary N) is 1. The minimum atomic E-state index is 0.369. The predicted molar refractivity (Wildman–Crippen MR) is 73.0 cm³/mol. The van der Waals surface area contributed by atoms with E-state index in [4.69, 9.17) is 33.7 Å². The quantitative estimate of drug-likeness (QED) is 0.826. The van der Waals surface area contributed by atoms with Gasteiger partial charge in [0, 0.05) is 18.8 Å². The molecule has 5 heteroatoms. The normalized spacial score (nSPS) is 19.5. The van der Waals surface area contributed by atoms with Crippen molar-refractivity contribution in [2.75, 3.05) is 24.2 Å². The zero-order valence-corrected chi connectivity index (χ0v) is 11.0. The van der Waals surface area contributed by atoms with Gasteiger partial charge in [0.15, 0.2) is 0 Å². The fraction of sp³-hybridized carbons (Fsp3) is 0.500. The highest BCUT2D eigenvalue weighted by atomic mass is 35.5. The van der Waals surface area contributed by atoms with Crippen molar-refractivity contribution in [2.24, 2.45) is 0 Å². The standard InChI is InChI=1S/C12H16Cl2N2O/c13-10-6-8(15)7-11(14)12(10)16-4-3-9-2-1-5-17-9/h6-7,9,16H,1-5,15H2. The van der Waals surface area contributed by atoms with Crippen LogP contribution in [-0.2, 0) is 4.74 Å². The van der Waals surface area contributed by atoms with Crippen LogP contribution in [0.2, 0.25) is 10.0 Å². The molecule has 0 radical (unpaired) electrons. The first-order valence-corrected chi connectivity index (χ1v) is 6.52. The first-order chi connectivity index (χ1) is 8.16. The Morgan fingerprint density at radius 2 is 2.06 bits per heavy atom. The van der Waals surface area contributed by atoms with E-state index in [2.05, 4.69) is 5.32 Å². The zero-order valence-electron chi connectivity index (χ0n) is 9.51. The molecule has 0 aromatic heterocycles. The number of benzene rings is 1. The molecule has 1 unspecified atom stereocenters. The Morgan fingerprint density at radius 3 is 2.65 bits per heavy atom. The van der Waals surface area contributed by atoms with Crippen molar-refractivity contribution >= 4 is 34.6 Å². The molecule has 1 saturated heterocycles. The maximum Gasteiger partial charge on any atom is 0.0720 e. The molecule has 1 aromatic carbocycles. The molecule has 1 aliphatic heterocycles. The second kappa shape index (κ2) is 5.80. The Labute approximate surface area is 111 Å². The third kappa shape index (κ3) is 3.41. The van der Waals surface area contributed by atoms with Crippen LogP contribution in [0.5, 0.6) is 0 Å². The number of nitrogen functional groups attached to an aromatic ring is 1. The summed E-state index contributed by atoms with van der Waals surface area (Å²) in [5.74, 6) is 0. The van der Waals surface area contributed by atoms with Crippen molar-refractivity contribution < 1.29 is 4.74 Å². The lowest BCUT2D eigenvalue weighted by atomic mass is 10.2. The molecule has 17 heavy (non-hydrogen) atoms. The monoisotopic (exact) mass is 274 g/mol. The van der Waals surface area contributed by atoms with Crippen LogP contribution in [-0.4, -0.2) is 19.3 Å². The number of hydrogen-bond acceptors (Lipinski definition) is 3. The van der Waals surface area contributed by atoms with Crippen molar-refractivity contribution in [1.82, 2.24) is 0 Å². The molecule has 0 spiro atoms. The van der Waals surface area contributed by atoms with E-state index in [1.54, 1.807) is 12.1 Å². The maximum atomic E-state index is 6.07. The fourth-order valence-corrected chi connectivity index (χ4v) is 2.63. The summed E-state index contributed by atoms with van der Waals surface area (Å²) in [4.78, 5) is 0. The molecular weight excluding hydrogens is 259 g/mol. The molecular formula is C12H16Cl2N2O. The van der Waals surface area contributed by atoms with Gasteiger partial charge in [0.1, 0.15) is 0 Å². The third-order valence-electron chi connectivity index (χ3n) is 2.86. The zero-order chi connectivity index (χ0) is 12.3. The summed E-state index contributed by atoms with van der Waals surface area (Å²) in [6.07, 6.45) is 3.64. The number of halogens is 2. The van der Waals surface area contributed by atoms with Crippen LogP contribution in [0.3, 0.4) is 0 Å². The largest absolute Gasteiger partial charge is 0.399 e. The maximum absolute atomic E-state index is 6.07. The fourth-order valence-electron chi connectivity index (χ4n) is 1.99. The van der Waals surface area contributed by atoms with E-state index >= 15 is 0 Å². The van der Waals surface area contributed by atoms with E-state index in [0.717, 1.165) is 38.1 Å². The van der Waals surface area contributed by atoms with Gasteiger partial charge < -0.3 is 15.8 Å². The Kier molecular flexibility index (Phi) is 4.37. The highest BCUT2D eigenvalue weighted by molar-refractivity contribution is 6.39. The van der Waals surface area contributed by atoms with E-state index in [-0.39, 0.29) is 0 Å². The van der Waals surface area contributed by atoms with Crippen molar-refractivity contribution in [3.63, 3.8) is 0 Å². The van der Waals surface area contributed by atoms with Gasteiger partial charge >= 0.3 is 0 Å². The number of anilines is 2. The van der Waals surface area contributed by atoms with Crippen molar-refractivity contribution in [3.05, 3.63) is 22.2 Å². The van der Waals surface area contributed by atoms with Gasteiger partial charge in [-0.3, -0.25) is 0 Å². The molecule has 3 nitrogen and oxygen atoms in total. The minimum Gasteiger partial charge on any atom is -0.399 e. The molecule has 3 N–H and O–H groups in total. The molecule has 1 aliphatic rings. The summed E-state index contributed by atoms with van der Waals surface area (Å²) in [6, 6.07) is 3.39. The second-order valence-electron chi connectivity index (χ2n) is 4.21. The Balaban J connectivity index is 1.89. The smallest absolute Gasteiger partial charge is 0.0720 e. The third-order valence-corrected chi connectivity index (χ3v) is 3.45. The lowest BCUT2D eigenvalue weighted by Gasteiger charge is -2.13. The van der Waals surface area contributed by atoms with E-state index in [0.29, 0.717) is 21.8 Å². The van der Waals surface area contributed by atoms with Crippen LogP contribution >= 0.6 is 23.2 Å². The molecule has 1 heterocycles. The summed E-state index contributed by atoms with van der Waals surface area (Å²) in [7, 11) is 0. The average Bonchev–Trinajstić information content (AvgIpc) is 2.74. The van der Waals surface area contributed by atoms with Gasteiger partial charge in [-0.15, -0.1) is 0 Å². The van der Waals surface area contributed by atoms with E-state index < -0.39 is 0 Å². The van der Waals surface area contributed by atoms with Crippen LogP contribution < -0.4 is 11.1 Å². The van der Waals surface area contributed by atoms with Crippen molar-refractivity contribution in [2.45, 2.75) is 25.4 Å². The van der Waals surface area contributed by atoms with Gasteiger partial charge in [0.05, 0.1) is 21.8 Å². The van der Waals surface area contributed by atoms with Crippen LogP contribution in [0.15, 0.2) is 12.1 Å². The first-order valence-electron chi connectivity index (χ1n) is 5.77. The molecule has 2 rings (SSSR count). The number of ether oxygens (including phenoxy) is 1. The number of nitrogens with two attached hydrogens (primary N) is 1. The van der Waals surface area contributed by atoms with Gasteiger partial charge in [0.2, 0.25) is 0 Å². The van der Waals surface area contributed by atoms with Gasteiger partial charge in [-0.05, 0) is 31.4 Å².